The molecular weight excluding hydrogens is 711 g/mol. The molecule has 0 fully saturated rings. The largest absolute Gasteiger partial charge is 0.310 e. The summed E-state index contributed by atoms with van der Waals surface area (Å²) in [4.78, 5) is 2.39. The maximum Gasteiger partial charge on any atom is 0.0468 e. The zero-order valence-electron chi connectivity index (χ0n) is 32.5. The molecule has 276 valence electrons. The molecule has 0 bridgehead atoms. The molecule has 0 radical (unpaired) electrons. The van der Waals surface area contributed by atoms with Crippen molar-refractivity contribution >= 4 is 60.2 Å². The predicted molar refractivity (Wildman–Crippen MR) is 253 cm³/mol. The van der Waals surface area contributed by atoms with Crippen LogP contribution in [0.5, 0.6) is 0 Å². The molecule has 0 spiro atoms. The van der Waals surface area contributed by atoms with Crippen molar-refractivity contribution in [1.29, 1.82) is 0 Å². The van der Waals surface area contributed by atoms with Crippen LogP contribution in [0.15, 0.2) is 237 Å². The van der Waals surface area contributed by atoms with Gasteiger partial charge in [-0.25, -0.2) is 0 Å². The van der Waals surface area contributed by atoms with Gasteiger partial charge in [0, 0.05) is 17.1 Å². The van der Waals surface area contributed by atoms with Gasteiger partial charge >= 0.3 is 0 Å². The van der Waals surface area contributed by atoms with Crippen LogP contribution in [0.2, 0.25) is 0 Å². The molecule has 0 saturated carbocycles. The number of benzene rings is 11. The number of hydrogen-bond acceptors (Lipinski definition) is 1. The molecule has 0 amide bonds. The molecular formula is C58H39N. The smallest absolute Gasteiger partial charge is 0.0468 e. The average Bonchev–Trinajstić information content (AvgIpc) is 3.32. The van der Waals surface area contributed by atoms with Gasteiger partial charge in [-0.2, -0.15) is 0 Å². The van der Waals surface area contributed by atoms with E-state index in [1.54, 1.807) is 0 Å². The van der Waals surface area contributed by atoms with E-state index in [-0.39, 0.29) is 0 Å². The van der Waals surface area contributed by atoms with Gasteiger partial charge in [0.15, 0.2) is 0 Å². The van der Waals surface area contributed by atoms with Crippen LogP contribution in [0.25, 0.3) is 87.6 Å². The summed E-state index contributed by atoms with van der Waals surface area (Å²) in [5, 5.41) is 10.1. The minimum Gasteiger partial charge on any atom is -0.310 e. The van der Waals surface area contributed by atoms with Gasteiger partial charge < -0.3 is 4.90 Å². The minimum absolute atomic E-state index is 1.09. The second-order valence-corrected chi connectivity index (χ2v) is 15.3. The molecule has 0 aliphatic heterocycles. The van der Waals surface area contributed by atoms with Crippen LogP contribution in [0.4, 0.5) is 17.1 Å². The summed E-state index contributed by atoms with van der Waals surface area (Å²) in [6.45, 7) is 0. The van der Waals surface area contributed by atoms with E-state index in [0.717, 1.165) is 17.1 Å². The van der Waals surface area contributed by atoms with Crippen molar-refractivity contribution in [2.24, 2.45) is 0 Å². The highest BCUT2D eigenvalue weighted by Gasteiger charge is 2.18. The molecule has 1 nitrogen and oxygen atoms in total. The number of rotatable bonds is 7. The number of anilines is 3. The highest BCUT2D eigenvalue weighted by Crippen LogP contribution is 2.43. The van der Waals surface area contributed by atoms with E-state index in [2.05, 4.69) is 241 Å². The van der Waals surface area contributed by atoms with Crippen LogP contribution >= 0.6 is 0 Å². The van der Waals surface area contributed by atoms with Gasteiger partial charge in [-0.05, 0) is 136 Å². The van der Waals surface area contributed by atoms with Crippen molar-refractivity contribution in [3.63, 3.8) is 0 Å². The van der Waals surface area contributed by atoms with E-state index in [1.165, 1.54) is 87.6 Å². The normalized spacial score (nSPS) is 11.4. The third-order valence-corrected chi connectivity index (χ3v) is 11.8. The van der Waals surface area contributed by atoms with Crippen LogP contribution in [0.1, 0.15) is 0 Å². The maximum atomic E-state index is 2.39. The SMILES string of the molecule is c1ccc(-c2ccc(N(c3ccc(-c4ccccc4)cc3)c3ccc(-c4ccc5ccc6ccccc6c5c4)c(-c4ccc5c(ccc6ccccc65)c4)c3)cc2)cc1. The Hall–Kier alpha value is -7.74. The number of fused-ring (bicyclic) bond motifs is 6. The average molecular weight is 750 g/mol. The molecule has 0 unspecified atom stereocenters. The fourth-order valence-electron chi connectivity index (χ4n) is 8.83. The first kappa shape index (κ1) is 34.5. The Balaban J connectivity index is 1.11. The van der Waals surface area contributed by atoms with Crippen LogP contribution < -0.4 is 4.90 Å². The summed E-state index contributed by atoms with van der Waals surface area (Å²) in [6, 6.07) is 86.4. The lowest BCUT2D eigenvalue weighted by molar-refractivity contribution is 1.28. The monoisotopic (exact) mass is 749 g/mol. The van der Waals surface area contributed by atoms with Gasteiger partial charge in [-0.1, -0.05) is 188 Å². The summed E-state index contributed by atoms with van der Waals surface area (Å²) < 4.78 is 0. The molecule has 0 aliphatic carbocycles. The van der Waals surface area contributed by atoms with Crippen LogP contribution in [-0.2, 0) is 0 Å². The molecule has 59 heavy (non-hydrogen) atoms. The van der Waals surface area contributed by atoms with E-state index in [4.69, 9.17) is 0 Å². The lowest BCUT2D eigenvalue weighted by atomic mass is 9.90. The van der Waals surface area contributed by atoms with Gasteiger partial charge in [0.05, 0.1) is 0 Å². The fraction of sp³-hybridized carbons (Fsp3) is 0. The lowest BCUT2D eigenvalue weighted by Gasteiger charge is -2.27. The number of hydrogen-bond donors (Lipinski definition) is 0. The Kier molecular flexibility index (Phi) is 8.56. The predicted octanol–water partition coefficient (Wildman–Crippen LogP) is 16.4. The van der Waals surface area contributed by atoms with Gasteiger partial charge in [0.1, 0.15) is 0 Å². The second kappa shape index (κ2) is 14.6. The molecule has 11 rings (SSSR count). The summed E-state index contributed by atoms with van der Waals surface area (Å²) in [5.74, 6) is 0. The van der Waals surface area contributed by atoms with Crippen LogP contribution in [0, 0.1) is 0 Å². The Morgan fingerprint density at radius 3 is 1.22 bits per heavy atom. The molecule has 11 aromatic rings. The highest BCUT2D eigenvalue weighted by atomic mass is 15.1. The van der Waals surface area contributed by atoms with Crippen molar-refractivity contribution in [1.82, 2.24) is 0 Å². The van der Waals surface area contributed by atoms with Crippen molar-refractivity contribution in [2.45, 2.75) is 0 Å². The minimum atomic E-state index is 1.09. The molecule has 0 saturated heterocycles. The Bertz CT molecular complexity index is 3210. The second-order valence-electron chi connectivity index (χ2n) is 15.3. The van der Waals surface area contributed by atoms with Gasteiger partial charge in [-0.3, -0.25) is 0 Å². The van der Waals surface area contributed by atoms with Crippen LogP contribution in [-0.4, -0.2) is 0 Å². The quantitative estimate of drug-likeness (QED) is 0.147. The van der Waals surface area contributed by atoms with Crippen molar-refractivity contribution in [3.05, 3.63) is 237 Å². The fourth-order valence-corrected chi connectivity index (χ4v) is 8.83. The molecule has 0 heterocycles. The summed E-state index contributed by atoms with van der Waals surface area (Å²) in [6.07, 6.45) is 0. The van der Waals surface area contributed by atoms with Gasteiger partial charge in [0.2, 0.25) is 0 Å². The standard InChI is InChI=1S/C58H39N/c1-3-11-40(12-4-1)42-25-30-50(31-26-42)59(51-32-27-43(28-33-51)41-13-5-2-6-14-41)52-34-36-56(49-24-22-46-20-19-45-16-8-10-18-54(45)57(46)38-49)58(39-52)48-29-35-55-47(37-48)23-21-44-15-7-9-17-53(44)55/h1-39H. The van der Waals surface area contributed by atoms with E-state index >= 15 is 0 Å². The summed E-state index contributed by atoms with van der Waals surface area (Å²) in [7, 11) is 0. The maximum absolute atomic E-state index is 2.39. The van der Waals surface area contributed by atoms with E-state index in [1.807, 2.05) is 0 Å². The van der Waals surface area contributed by atoms with Gasteiger partial charge in [-0.15, -0.1) is 0 Å². The molecule has 0 aliphatic rings. The molecule has 0 aromatic heterocycles. The van der Waals surface area contributed by atoms with E-state index in [0.29, 0.717) is 0 Å². The Labute approximate surface area is 344 Å². The molecule has 1 heteroatoms. The first-order chi connectivity index (χ1) is 29.2. The molecule has 11 aromatic carbocycles. The Morgan fingerprint density at radius 1 is 0.203 bits per heavy atom. The van der Waals surface area contributed by atoms with Crippen molar-refractivity contribution in [2.75, 3.05) is 4.90 Å². The van der Waals surface area contributed by atoms with Crippen molar-refractivity contribution in [3.8, 4) is 44.5 Å². The summed E-state index contributed by atoms with van der Waals surface area (Å²) >= 11 is 0. The topological polar surface area (TPSA) is 3.24 Å². The Morgan fingerprint density at radius 2 is 0.610 bits per heavy atom. The summed E-state index contributed by atoms with van der Waals surface area (Å²) in [5.41, 5.74) is 12.8. The third kappa shape index (κ3) is 6.40. The van der Waals surface area contributed by atoms with Crippen LogP contribution in [0.3, 0.4) is 0 Å². The van der Waals surface area contributed by atoms with Gasteiger partial charge in [0.25, 0.3) is 0 Å². The highest BCUT2D eigenvalue weighted by molar-refractivity contribution is 6.10. The molecule has 0 atom stereocenters. The third-order valence-electron chi connectivity index (χ3n) is 11.8. The van der Waals surface area contributed by atoms with E-state index < -0.39 is 0 Å². The number of nitrogens with zero attached hydrogens (tertiary/aromatic N) is 1. The molecule has 0 N–H and O–H groups in total. The van der Waals surface area contributed by atoms with E-state index in [9.17, 15) is 0 Å². The zero-order chi connectivity index (χ0) is 39.1. The zero-order valence-corrected chi connectivity index (χ0v) is 32.5. The lowest BCUT2D eigenvalue weighted by Crippen LogP contribution is -2.10. The van der Waals surface area contributed by atoms with Crippen molar-refractivity contribution < 1.29 is 0 Å². The first-order valence-corrected chi connectivity index (χ1v) is 20.3. The first-order valence-electron chi connectivity index (χ1n) is 20.3.